The van der Waals surface area contributed by atoms with Gasteiger partial charge >= 0.3 is 0 Å². The Morgan fingerprint density at radius 3 is 2.64 bits per heavy atom. The van der Waals surface area contributed by atoms with Gasteiger partial charge in [-0.3, -0.25) is 0 Å². The van der Waals surface area contributed by atoms with Crippen LogP contribution in [0.15, 0.2) is 53.9 Å². The van der Waals surface area contributed by atoms with Crippen LogP contribution in [0.25, 0.3) is 11.3 Å². The van der Waals surface area contributed by atoms with Gasteiger partial charge in [0.05, 0.1) is 5.69 Å². The fourth-order valence-corrected chi connectivity index (χ4v) is 3.44. The number of thiazole rings is 1. The molecule has 0 amide bonds. The van der Waals surface area contributed by atoms with Gasteiger partial charge in [0, 0.05) is 17.5 Å². The molecule has 0 aliphatic heterocycles. The van der Waals surface area contributed by atoms with E-state index in [0.717, 1.165) is 34.1 Å². The molecule has 0 unspecified atom stereocenters. The van der Waals surface area contributed by atoms with Crippen molar-refractivity contribution < 1.29 is 4.74 Å². The standard InChI is InChI=1S/C21H24N2OS/c1-15(2)17-9-10-20(24-13-16-7-5-4-6-8-16)18(11-17)19-14-25-21(23-19)12-22-3/h4-11,14-15,22H,12-13H2,1-3H3. The molecule has 4 heteroatoms. The zero-order chi connectivity index (χ0) is 17.6. The minimum Gasteiger partial charge on any atom is -0.488 e. The maximum atomic E-state index is 6.13. The molecule has 2 aromatic carbocycles. The highest BCUT2D eigenvalue weighted by atomic mass is 32.1. The van der Waals surface area contributed by atoms with Gasteiger partial charge < -0.3 is 10.1 Å². The Kier molecular flexibility index (Phi) is 5.84. The minimum absolute atomic E-state index is 0.470. The summed E-state index contributed by atoms with van der Waals surface area (Å²) < 4.78 is 6.13. The summed E-state index contributed by atoms with van der Waals surface area (Å²) in [6, 6.07) is 16.7. The molecule has 1 aromatic heterocycles. The summed E-state index contributed by atoms with van der Waals surface area (Å²) in [7, 11) is 1.94. The van der Waals surface area contributed by atoms with E-state index in [2.05, 4.69) is 54.9 Å². The molecule has 3 aromatic rings. The Hall–Kier alpha value is -2.17. The first-order valence-electron chi connectivity index (χ1n) is 8.57. The molecular formula is C21H24N2OS. The van der Waals surface area contributed by atoms with E-state index in [9.17, 15) is 0 Å². The summed E-state index contributed by atoms with van der Waals surface area (Å²) in [6.45, 7) is 5.76. The van der Waals surface area contributed by atoms with Crippen molar-refractivity contribution in [1.82, 2.24) is 10.3 Å². The summed E-state index contributed by atoms with van der Waals surface area (Å²) in [5, 5.41) is 6.35. The van der Waals surface area contributed by atoms with Crippen LogP contribution in [0.4, 0.5) is 0 Å². The van der Waals surface area contributed by atoms with Crippen LogP contribution in [0.2, 0.25) is 0 Å². The molecule has 0 fully saturated rings. The molecule has 0 saturated heterocycles. The third-order valence-corrected chi connectivity index (χ3v) is 4.91. The lowest BCUT2D eigenvalue weighted by atomic mass is 9.99. The Balaban J connectivity index is 1.90. The maximum absolute atomic E-state index is 6.13. The molecule has 1 heterocycles. The van der Waals surface area contributed by atoms with E-state index in [1.807, 2.05) is 25.2 Å². The number of rotatable bonds is 7. The molecule has 0 saturated carbocycles. The lowest BCUT2D eigenvalue weighted by Crippen LogP contribution is -2.04. The van der Waals surface area contributed by atoms with E-state index in [0.29, 0.717) is 12.5 Å². The summed E-state index contributed by atoms with van der Waals surface area (Å²) >= 11 is 1.68. The molecule has 1 N–H and O–H groups in total. The number of benzene rings is 2. The first kappa shape index (κ1) is 17.6. The highest BCUT2D eigenvalue weighted by Gasteiger charge is 2.13. The largest absolute Gasteiger partial charge is 0.488 e. The topological polar surface area (TPSA) is 34.2 Å². The average Bonchev–Trinajstić information content (AvgIpc) is 3.09. The van der Waals surface area contributed by atoms with Gasteiger partial charge in [-0.05, 0) is 36.2 Å². The van der Waals surface area contributed by atoms with Crippen LogP contribution in [0.5, 0.6) is 5.75 Å². The Bertz CT molecular complexity index is 812. The van der Waals surface area contributed by atoms with Crippen molar-refractivity contribution in [2.24, 2.45) is 0 Å². The molecule has 3 nitrogen and oxygen atoms in total. The first-order chi connectivity index (χ1) is 12.2. The molecule has 0 atom stereocenters. The Morgan fingerprint density at radius 1 is 1.12 bits per heavy atom. The van der Waals surface area contributed by atoms with Crippen molar-refractivity contribution in [3.8, 4) is 17.0 Å². The van der Waals surface area contributed by atoms with Crippen molar-refractivity contribution in [1.29, 1.82) is 0 Å². The maximum Gasteiger partial charge on any atom is 0.129 e. The minimum atomic E-state index is 0.470. The zero-order valence-electron chi connectivity index (χ0n) is 15.0. The summed E-state index contributed by atoms with van der Waals surface area (Å²) in [5.74, 6) is 1.35. The second-order valence-corrected chi connectivity index (χ2v) is 7.28. The van der Waals surface area contributed by atoms with Gasteiger partial charge in [-0.1, -0.05) is 50.2 Å². The van der Waals surface area contributed by atoms with Crippen LogP contribution >= 0.6 is 11.3 Å². The van der Waals surface area contributed by atoms with Crippen molar-refractivity contribution in [3.05, 3.63) is 70.0 Å². The van der Waals surface area contributed by atoms with Crippen molar-refractivity contribution in [2.75, 3.05) is 7.05 Å². The number of nitrogens with one attached hydrogen (secondary N) is 1. The van der Waals surface area contributed by atoms with Crippen LogP contribution in [-0.4, -0.2) is 12.0 Å². The van der Waals surface area contributed by atoms with Crippen LogP contribution in [0.3, 0.4) is 0 Å². The molecule has 0 bridgehead atoms. The highest BCUT2D eigenvalue weighted by molar-refractivity contribution is 7.09. The molecule has 0 aliphatic rings. The van der Waals surface area contributed by atoms with E-state index >= 15 is 0 Å². The number of hydrogen-bond acceptors (Lipinski definition) is 4. The van der Waals surface area contributed by atoms with Crippen molar-refractivity contribution in [2.45, 2.75) is 32.9 Å². The van der Waals surface area contributed by atoms with Crippen LogP contribution in [0.1, 0.15) is 35.9 Å². The zero-order valence-corrected chi connectivity index (χ0v) is 15.8. The summed E-state index contributed by atoms with van der Waals surface area (Å²) in [5.41, 5.74) is 4.52. The van der Waals surface area contributed by atoms with Gasteiger partial charge in [-0.25, -0.2) is 4.98 Å². The molecular weight excluding hydrogens is 328 g/mol. The van der Waals surface area contributed by atoms with Crippen molar-refractivity contribution in [3.63, 3.8) is 0 Å². The lowest BCUT2D eigenvalue weighted by molar-refractivity contribution is 0.307. The monoisotopic (exact) mass is 352 g/mol. The summed E-state index contributed by atoms with van der Waals surface area (Å²) in [4.78, 5) is 4.76. The second-order valence-electron chi connectivity index (χ2n) is 6.34. The molecule has 0 spiro atoms. The number of hydrogen-bond donors (Lipinski definition) is 1. The van der Waals surface area contributed by atoms with Gasteiger partial charge in [0.15, 0.2) is 0 Å². The highest BCUT2D eigenvalue weighted by Crippen LogP contribution is 2.34. The van der Waals surface area contributed by atoms with Crippen LogP contribution in [-0.2, 0) is 13.2 Å². The van der Waals surface area contributed by atoms with E-state index in [1.165, 1.54) is 5.56 Å². The summed E-state index contributed by atoms with van der Waals surface area (Å²) in [6.07, 6.45) is 0. The number of aromatic nitrogens is 1. The number of ether oxygens (including phenoxy) is 1. The average molecular weight is 353 g/mol. The van der Waals surface area contributed by atoms with Gasteiger partial charge in [-0.15, -0.1) is 11.3 Å². The molecule has 0 aliphatic carbocycles. The van der Waals surface area contributed by atoms with E-state index < -0.39 is 0 Å². The van der Waals surface area contributed by atoms with E-state index in [4.69, 9.17) is 9.72 Å². The third-order valence-electron chi connectivity index (χ3n) is 4.06. The molecule has 0 radical (unpaired) electrons. The van der Waals surface area contributed by atoms with Crippen LogP contribution < -0.4 is 10.1 Å². The van der Waals surface area contributed by atoms with Crippen LogP contribution in [0, 0.1) is 0 Å². The quantitative estimate of drug-likeness (QED) is 0.632. The fourth-order valence-electron chi connectivity index (χ4n) is 2.64. The fraction of sp³-hybridized carbons (Fsp3) is 0.286. The third kappa shape index (κ3) is 4.47. The van der Waals surface area contributed by atoms with E-state index in [1.54, 1.807) is 11.3 Å². The molecule has 130 valence electrons. The Morgan fingerprint density at radius 2 is 1.92 bits per heavy atom. The first-order valence-corrected chi connectivity index (χ1v) is 9.45. The predicted octanol–water partition coefficient (Wildman–Crippen LogP) is 5.23. The van der Waals surface area contributed by atoms with Gasteiger partial charge in [0.1, 0.15) is 17.4 Å². The lowest BCUT2D eigenvalue weighted by Gasteiger charge is -2.14. The van der Waals surface area contributed by atoms with Gasteiger partial charge in [-0.2, -0.15) is 0 Å². The smallest absolute Gasteiger partial charge is 0.129 e. The van der Waals surface area contributed by atoms with Gasteiger partial charge in [0.2, 0.25) is 0 Å². The van der Waals surface area contributed by atoms with Crippen molar-refractivity contribution >= 4 is 11.3 Å². The molecule has 25 heavy (non-hydrogen) atoms. The molecule has 3 rings (SSSR count). The van der Waals surface area contributed by atoms with E-state index in [-0.39, 0.29) is 0 Å². The second kappa shape index (κ2) is 8.28. The van der Waals surface area contributed by atoms with Gasteiger partial charge in [0.25, 0.3) is 0 Å². The SMILES string of the molecule is CNCc1nc(-c2cc(C(C)C)ccc2OCc2ccccc2)cs1. The predicted molar refractivity (Wildman–Crippen MR) is 105 cm³/mol. The normalized spacial score (nSPS) is 11.0. The Labute approximate surface area is 153 Å². The number of nitrogens with zero attached hydrogens (tertiary/aromatic N) is 1.